The highest BCUT2D eigenvalue weighted by atomic mass is 32.1. The number of piperazine rings is 1. The van der Waals surface area contributed by atoms with Crippen molar-refractivity contribution in [2.24, 2.45) is 0 Å². The quantitative estimate of drug-likeness (QED) is 0.723. The number of nitrogens with zero attached hydrogens (tertiary/aromatic N) is 4. The molecule has 1 atom stereocenters. The molecule has 0 radical (unpaired) electrons. The van der Waals surface area contributed by atoms with Crippen molar-refractivity contribution in [3.63, 3.8) is 0 Å². The van der Waals surface area contributed by atoms with E-state index in [0.717, 1.165) is 42.8 Å². The Bertz CT molecular complexity index is 782. The van der Waals surface area contributed by atoms with E-state index in [4.69, 9.17) is 8.83 Å². The van der Waals surface area contributed by atoms with Gasteiger partial charge in [0.1, 0.15) is 5.76 Å². The average Bonchev–Trinajstić information content (AvgIpc) is 3.30. The molecule has 4 heterocycles. The van der Waals surface area contributed by atoms with Gasteiger partial charge in [0.2, 0.25) is 0 Å². The van der Waals surface area contributed by atoms with E-state index in [0.29, 0.717) is 17.7 Å². The van der Waals surface area contributed by atoms with E-state index >= 15 is 0 Å². The molecule has 0 unspecified atom stereocenters. The molecule has 24 heavy (non-hydrogen) atoms. The molecule has 126 valence electrons. The maximum atomic E-state index is 5.76. The van der Waals surface area contributed by atoms with Gasteiger partial charge in [0.15, 0.2) is 10.9 Å². The van der Waals surface area contributed by atoms with Crippen LogP contribution in [0.3, 0.4) is 0 Å². The SMILES string of the molecule is Cc1oc(-c2ccco2)nc1CN1CCN(c2nccs2)[C@H](C)C1. The molecule has 4 rings (SSSR count). The number of rotatable bonds is 4. The highest BCUT2D eigenvalue weighted by molar-refractivity contribution is 7.13. The second-order valence-corrected chi connectivity index (χ2v) is 6.96. The molecule has 7 heteroatoms. The number of thiazole rings is 1. The zero-order chi connectivity index (χ0) is 16.5. The standard InChI is InChI=1S/C17H20N4O2S/c1-12-10-20(6-7-21(12)17-18-5-9-24-17)11-14-13(2)23-16(19-14)15-4-3-8-22-15/h3-5,8-9,12H,6-7,10-11H2,1-2H3/t12-/m1/s1. The summed E-state index contributed by atoms with van der Waals surface area (Å²) in [5.41, 5.74) is 0.983. The van der Waals surface area contributed by atoms with Crippen LogP contribution in [0.1, 0.15) is 18.4 Å². The average molecular weight is 344 g/mol. The fraction of sp³-hybridized carbons (Fsp3) is 0.412. The highest BCUT2D eigenvalue weighted by Crippen LogP contribution is 2.25. The molecule has 0 aliphatic carbocycles. The van der Waals surface area contributed by atoms with E-state index in [2.05, 4.69) is 26.7 Å². The van der Waals surface area contributed by atoms with E-state index in [1.54, 1.807) is 17.6 Å². The Labute approximate surface area is 144 Å². The summed E-state index contributed by atoms with van der Waals surface area (Å²) in [6.07, 6.45) is 3.50. The fourth-order valence-electron chi connectivity index (χ4n) is 3.11. The largest absolute Gasteiger partial charge is 0.459 e. The van der Waals surface area contributed by atoms with Crippen molar-refractivity contribution in [2.75, 3.05) is 24.5 Å². The van der Waals surface area contributed by atoms with Crippen molar-refractivity contribution in [2.45, 2.75) is 26.4 Å². The second-order valence-electron chi connectivity index (χ2n) is 6.09. The highest BCUT2D eigenvalue weighted by Gasteiger charge is 2.26. The maximum absolute atomic E-state index is 5.76. The summed E-state index contributed by atoms with van der Waals surface area (Å²) in [7, 11) is 0. The molecule has 0 N–H and O–H groups in total. The number of hydrogen-bond donors (Lipinski definition) is 0. The van der Waals surface area contributed by atoms with Crippen molar-refractivity contribution in [1.29, 1.82) is 0 Å². The Morgan fingerprint density at radius 2 is 2.29 bits per heavy atom. The smallest absolute Gasteiger partial charge is 0.263 e. The molecular weight excluding hydrogens is 324 g/mol. The van der Waals surface area contributed by atoms with Gasteiger partial charge in [0, 0.05) is 43.8 Å². The second kappa shape index (κ2) is 6.41. The van der Waals surface area contributed by atoms with E-state index in [9.17, 15) is 0 Å². The van der Waals surface area contributed by atoms with Gasteiger partial charge >= 0.3 is 0 Å². The molecule has 6 nitrogen and oxygen atoms in total. The Kier molecular flexibility index (Phi) is 4.12. The van der Waals surface area contributed by atoms with Crippen LogP contribution < -0.4 is 4.90 Å². The van der Waals surface area contributed by atoms with Crippen LogP contribution in [-0.2, 0) is 6.54 Å². The third-order valence-corrected chi connectivity index (χ3v) is 5.18. The van der Waals surface area contributed by atoms with Crippen molar-refractivity contribution in [1.82, 2.24) is 14.9 Å². The molecule has 3 aromatic heterocycles. The van der Waals surface area contributed by atoms with E-state index in [1.165, 1.54) is 0 Å². The summed E-state index contributed by atoms with van der Waals surface area (Å²) < 4.78 is 11.1. The fourth-order valence-corrected chi connectivity index (χ4v) is 3.88. The Hall–Kier alpha value is -2.12. The molecule has 0 amide bonds. The first-order valence-electron chi connectivity index (χ1n) is 8.09. The lowest BCUT2D eigenvalue weighted by molar-refractivity contribution is 0.218. The molecule has 0 saturated carbocycles. The Morgan fingerprint density at radius 1 is 1.38 bits per heavy atom. The Balaban J connectivity index is 1.43. The van der Waals surface area contributed by atoms with Gasteiger partial charge in [-0.25, -0.2) is 9.97 Å². The normalized spacial score (nSPS) is 19.1. The first-order chi connectivity index (χ1) is 11.7. The lowest BCUT2D eigenvalue weighted by atomic mass is 10.2. The van der Waals surface area contributed by atoms with Crippen LogP contribution in [0.2, 0.25) is 0 Å². The lowest BCUT2D eigenvalue weighted by Crippen LogP contribution is -2.51. The third-order valence-electron chi connectivity index (χ3n) is 4.37. The molecule has 1 fully saturated rings. The minimum Gasteiger partial charge on any atom is -0.459 e. The van der Waals surface area contributed by atoms with Gasteiger partial charge in [0.25, 0.3) is 5.89 Å². The van der Waals surface area contributed by atoms with Crippen LogP contribution >= 0.6 is 11.3 Å². The first kappa shape index (κ1) is 15.4. The maximum Gasteiger partial charge on any atom is 0.263 e. The first-order valence-corrected chi connectivity index (χ1v) is 8.97. The van der Waals surface area contributed by atoms with Crippen LogP contribution in [0.15, 0.2) is 38.8 Å². The van der Waals surface area contributed by atoms with Crippen LogP contribution in [-0.4, -0.2) is 40.5 Å². The van der Waals surface area contributed by atoms with Crippen molar-refractivity contribution in [3.05, 3.63) is 41.4 Å². The number of anilines is 1. The van der Waals surface area contributed by atoms with Crippen LogP contribution in [0.5, 0.6) is 0 Å². The molecule has 0 spiro atoms. The monoisotopic (exact) mass is 344 g/mol. The zero-order valence-electron chi connectivity index (χ0n) is 13.8. The lowest BCUT2D eigenvalue weighted by Gasteiger charge is -2.39. The molecule has 1 saturated heterocycles. The van der Waals surface area contributed by atoms with Gasteiger partial charge in [-0.15, -0.1) is 11.3 Å². The van der Waals surface area contributed by atoms with Gasteiger partial charge in [-0.2, -0.15) is 0 Å². The Morgan fingerprint density at radius 3 is 3.00 bits per heavy atom. The summed E-state index contributed by atoms with van der Waals surface area (Å²) in [5, 5.41) is 3.14. The van der Waals surface area contributed by atoms with Crippen molar-refractivity contribution in [3.8, 4) is 11.7 Å². The minimum atomic E-state index is 0.432. The third kappa shape index (κ3) is 2.97. The molecule has 1 aliphatic heterocycles. The number of aromatic nitrogens is 2. The number of hydrogen-bond acceptors (Lipinski definition) is 7. The van der Waals surface area contributed by atoms with Crippen LogP contribution in [0.25, 0.3) is 11.7 Å². The van der Waals surface area contributed by atoms with E-state index < -0.39 is 0 Å². The molecule has 0 bridgehead atoms. The minimum absolute atomic E-state index is 0.432. The number of furan rings is 1. The van der Waals surface area contributed by atoms with E-state index in [1.807, 2.05) is 30.6 Å². The van der Waals surface area contributed by atoms with Crippen LogP contribution in [0, 0.1) is 6.92 Å². The topological polar surface area (TPSA) is 58.5 Å². The molecular formula is C17H20N4O2S. The summed E-state index contributed by atoms with van der Waals surface area (Å²) in [5.74, 6) is 2.09. The molecule has 1 aliphatic rings. The molecule has 0 aromatic carbocycles. The van der Waals surface area contributed by atoms with Gasteiger partial charge in [-0.05, 0) is 26.0 Å². The van der Waals surface area contributed by atoms with Gasteiger partial charge in [0.05, 0.1) is 12.0 Å². The van der Waals surface area contributed by atoms with E-state index in [-0.39, 0.29) is 0 Å². The van der Waals surface area contributed by atoms with Gasteiger partial charge in [-0.1, -0.05) is 0 Å². The summed E-state index contributed by atoms with van der Waals surface area (Å²) in [6, 6.07) is 4.14. The summed E-state index contributed by atoms with van der Waals surface area (Å²) in [4.78, 5) is 13.9. The molecule has 3 aromatic rings. The number of aryl methyl sites for hydroxylation is 1. The van der Waals surface area contributed by atoms with Crippen molar-refractivity contribution < 1.29 is 8.83 Å². The van der Waals surface area contributed by atoms with Crippen LogP contribution in [0.4, 0.5) is 5.13 Å². The van der Waals surface area contributed by atoms with Gasteiger partial charge in [-0.3, -0.25) is 4.90 Å². The predicted octanol–water partition coefficient (Wildman–Crippen LogP) is 3.41. The summed E-state index contributed by atoms with van der Waals surface area (Å²) in [6.45, 7) is 7.97. The summed E-state index contributed by atoms with van der Waals surface area (Å²) >= 11 is 1.70. The van der Waals surface area contributed by atoms with Crippen molar-refractivity contribution >= 4 is 16.5 Å². The predicted molar refractivity (Wildman–Crippen MR) is 93.1 cm³/mol. The zero-order valence-corrected chi connectivity index (χ0v) is 14.6. The number of oxazole rings is 1. The van der Waals surface area contributed by atoms with Gasteiger partial charge < -0.3 is 13.7 Å².